The summed E-state index contributed by atoms with van der Waals surface area (Å²) in [4.78, 5) is 25.4. The van der Waals surface area contributed by atoms with Crippen LogP contribution < -0.4 is 5.73 Å². The Morgan fingerprint density at radius 1 is 1.23 bits per heavy atom. The third kappa shape index (κ3) is 3.86. The van der Waals surface area contributed by atoms with Crippen molar-refractivity contribution in [2.45, 2.75) is 12.8 Å². The summed E-state index contributed by atoms with van der Waals surface area (Å²) in [5.74, 6) is 0.00140. The Kier molecular flexibility index (Phi) is 6.34. The fourth-order valence-electron chi connectivity index (χ4n) is 3.50. The third-order valence-corrected chi connectivity index (χ3v) is 4.84. The van der Waals surface area contributed by atoms with Crippen LogP contribution in [0.2, 0.25) is 0 Å². The van der Waals surface area contributed by atoms with Crippen LogP contribution in [0.1, 0.15) is 27.4 Å². The van der Waals surface area contributed by atoms with Gasteiger partial charge in [0.25, 0.3) is 11.6 Å². The fourth-order valence-corrected chi connectivity index (χ4v) is 3.50. The highest BCUT2D eigenvalue weighted by Crippen LogP contribution is 2.34. The number of hydrogen-bond acceptors (Lipinski definition) is 4. The van der Waals surface area contributed by atoms with Gasteiger partial charge in [0.15, 0.2) is 0 Å². The molecule has 26 heavy (non-hydrogen) atoms. The highest BCUT2D eigenvalue weighted by molar-refractivity contribution is 5.98. The quantitative estimate of drug-likeness (QED) is 0.656. The maximum atomic E-state index is 12.9. The van der Waals surface area contributed by atoms with Gasteiger partial charge in [0.05, 0.1) is 4.92 Å². The number of likely N-dealkylation sites (tertiary alicyclic amines) is 1. The summed E-state index contributed by atoms with van der Waals surface area (Å²) in [6.07, 6.45) is 0. The Morgan fingerprint density at radius 2 is 1.92 bits per heavy atom. The van der Waals surface area contributed by atoms with Crippen LogP contribution in [-0.4, -0.2) is 35.4 Å². The maximum Gasteiger partial charge on any atom is 0.282 e. The fraction of sp³-hybridized carbons (Fsp3) is 0.316. The van der Waals surface area contributed by atoms with Gasteiger partial charge in [0, 0.05) is 25.1 Å². The number of rotatable bonds is 4. The molecule has 7 heteroatoms. The van der Waals surface area contributed by atoms with Crippen LogP contribution in [0.5, 0.6) is 0 Å². The molecule has 1 fully saturated rings. The van der Waals surface area contributed by atoms with E-state index in [1.54, 1.807) is 17.0 Å². The van der Waals surface area contributed by atoms with Gasteiger partial charge in [-0.15, -0.1) is 12.4 Å². The Morgan fingerprint density at radius 3 is 2.54 bits per heavy atom. The zero-order valence-electron chi connectivity index (χ0n) is 14.5. The average molecular weight is 376 g/mol. The second kappa shape index (κ2) is 8.29. The Bertz CT molecular complexity index is 798. The number of nitrogens with zero attached hydrogens (tertiary/aromatic N) is 2. The maximum absolute atomic E-state index is 12.9. The van der Waals surface area contributed by atoms with Crippen molar-refractivity contribution in [1.29, 1.82) is 0 Å². The molecule has 6 nitrogen and oxygen atoms in total. The molecule has 1 aliphatic rings. The van der Waals surface area contributed by atoms with Gasteiger partial charge in [-0.1, -0.05) is 36.4 Å². The zero-order valence-corrected chi connectivity index (χ0v) is 15.3. The van der Waals surface area contributed by atoms with Gasteiger partial charge in [-0.25, -0.2) is 0 Å². The van der Waals surface area contributed by atoms with E-state index in [1.807, 2.05) is 37.3 Å². The van der Waals surface area contributed by atoms with Crippen molar-refractivity contribution in [3.05, 3.63) is 75.3 Å². The number of halogens is 1. The third-order valence-electron chi connectivity index (χ3n) is 4.84. The smallest absolute Gasteiger partial charge is 0.282 e. The van der Waals surface area contributed by atoms with Gasteiger partial charge >= 0.3 is 0 Å². The molecule has 1 saturated heterocycles. The Labute approximate surface area is 158 Å². The number of nitro benzene ring substituents is 1. The number of benzene rings is 2. The lowest BCUT2D eigenvalue weighted by Gasteiger charge is -2.17. The van der Waals surface area contributed by atoms with Crippen molar-refractivity contribution in [2.24, 2.45) is 11.7 Å². The molecule has 1 amide bonds. The molecule has 0 radical (unpaired) electrons. The zero-order chi connectivity index (χ0) is 18.0. The number of carbonyl (C=O) groups excluding carboxylic acids is 1. The largest absolute Gasteiger partial charge is 0.337 e. The normalized spacial score (nSPS) is 19.1. The second-order valence-corrected chi connectivity index (χ2v) is 6.50. The molecular weight excluding hydrogens is 354 g/mol. The minimum Gasteiger partial charge on any atom is -0.337 e. The predicted octanol–water partition coefficient (Wildman–Crippen LogP) is 3.14. The molecule has 0 spiro atoms. The first-order chi connectivity index (χ1) is 12.0. The van der Waals surface area contributed by atoms with Crippen LogP contribution in [0.3, 0.4) is 0 Å². The van der Waals surface area contributed by atoms with E-state index in [9.17, 15) is 14.9 Å². The Hall–Kier alpha value is -2.44. The topological polar surface area (TPSA) is 89.5 Å². The van der Waals surface area contributed by atoms with Crippen molar-refractivity contribution in [3.8, 4) is 0 Å². The number of nitrogens with two attached hydrogens (primary N) is 1. The van der Waals surface area contributed by atoms with E-state index in [1.165, 1.54) is 6.07 Å². The molecule has 2 aromatic carbocycles. The minimum absolute atomic E-state index is 0. The van der Waals surface area contributed by atoms with Crippen LogP contribution in [0.15, 0.2) is 48.5 Å². The van der Waals surface area contributed by atoms with Crippen LogP contribution in [-0.2, 0) is 0 Å². The van der Waals surface area contributed by atoms with Crippen molar-refractivity contribution in [1.82, 2.24) is 4.90 Å². The van der Waals surface area contributed by atoms with E-state index in [0.29, 0.717) is 19.6 Å². The number of aryl methyl sites for hydroxylation is 1. The summed E-state index contributed by atoms with van der Waals surface area (Å²) < 4.78 is 0. The highest BCUT2D eigenvalue weighted by atomic mass is 35.5. The lowest BCUT2D eigenvalue weighted by molar-refractivity contribution is -0.385. The predicted molar refractivity (Wildman–Crippen MR) is 103 cm³/mol. The lowest BCUT2D eigenvalue weighted by atomic mass is 9.89. The summed E-state index contributed by atoms with van der Waals surface area (Å²) in [6, 6.07) is 14.6. The summed E-state index contributed by atoms with van der Waals surface area (Å²) in [5.41, 5.74) is 7.88. The van der Waals surface area contributed by atoms with Crippen LogP contribution in [0.4, 0.5) is 5.69 Å². The molecule has 0 saturated carbocycles. The van der Waals surface area contributed by atoms with Crippen molar-refractivity contribution in [2.75, 3.05) is 19.6 Å². The summed E-state index contributed by atoms with van der Waals surface area (Å²) >= 11 is 0. The first kappa shape index (κ1) is 19.9. The van der Waals surface area contributed by atoms with E-state index in [0.717, 1.165) is 11.1 Å². The average Bonchev–Trinajstić information content (AvgIpc) is 3.06. The first-order valence-corrected chi connectivity index (χ1v) is 8.30. The van der Waals surface area contributed by atoms with Crippen molar-refractivity contribution < 1.29 is 9.72 Å². The lowest BCUT2D eigenvalue weighted by Crippen LogP contribution is -2.30. The van der Waals surface area contributed by atoms with Crippen LogP contribution in [0.25, 0.3) is 0 Å². The van der Waals surface area contributed by atoms with E-state index in [4.69, 9.17) is 5.73 Å². The molecule has 0 aliphatic carbocycles. The van der Waals surface area contributed by atoms with Crippen LogP contribution in [0, 0.1) is 23.0 Å². The molecule has 0 bridgehead atoms. The van der Waals surface area contributed by atoms with Gasteiger partial charge < -0.3 is 10.6 Å². The van der Waals surface area contributed by atoms with Gasteiger partial charge in [0.2, 0.25) is 0 Å². The van der Waals surface area contributed by atoms with Crippen LogP contribution >= 0.6 is 12.4 Å². The minimum atomic E-state index is -0.502. The van der Waals surface area contributed by atoms with Gasteiger partial charge in [-0.2, -0.15) is 0 Å². The SMILES string of the molecule is Cc1ccc([N+](=O)[O-])c(C(=O)N2C[C@@H](CN)[C@H](c3ccccc3)C2)c1.Cl. The first-order valence-electron chi connectivity index (χ1n) is 8.30. The van der Waals surface area contributed by atoms with E-state index < -0.39 is 4.92 Å². The molecule has 0 unspecified atom stereocenters. The molecule has 2 atom stereocenters. The number of carbonyl (C=O) groups is 1. The van der Waals surface area contributed by atoms with Gasteiger partial charge in [-0.05, 0) is 36.6 Å². The molecule has 3 rings (SSSR count). The summed E-state index contributed by atoms with van der Waals surface area (Å²) in [5, 5.41) is 11.3. The van der Waals surface area contributed by atoms with Gasteiger partial charge in [-0.3, -0.25) is 14.9 Å². The molecule has 138 valence electrons. The van der Waals surface area contributed by atoms with Crippen molar-refractivity contribution in [3.63, 3.8) is 0 Å². The summed E-state index contributed by atoms with van der Waals surface area (Å²) in [7, 11) is 0. The molecule has 2 aromatic rings. The summed E-state index contributed by atoms with van der Waals surface area (Å²) in [6.45, 7) is 3.33. The molecule has 1 heterocycles. The molecule has 2 N–H and O–H groups in total. The molecule has 0 aromatic heterocycles. The monoisotopic (exact) mass is 375 g/mol. The molecule has 1 aliphatic heterocycles. The van der Waals surface area contributed by atoms with Gasteiger partial charge in [0.1, 0.15) is 5.56 Å². The Balaban J connectivity index is 0.00000243. The highest BCUT2D eigenvalue weighted by Gasteiger charge is 2.37. The van der Waals surface area contributed by atoms with Crippen molar-refractivity contribution >= 4 is 24.0 Å². The van der Waals surface area contributed by atoms with E-state index in [2.05, 4.69) is 0 Å². The van der Waals surface area contributed by atoms with E-state index in [-0.39, 0.29) is 41.4 Å². The number of amides is 1. The molecular formula is C19H22ClN3O3. The van der Waals surface area contributed by atoms with E-state index >= 15 is 0 Å². The second-order valence-electron chi connectivity index (χ2n) is 6.50. The standard InChI is InChI=1S/C19H21N3O3.ClH/c1-13-7-8-18(22(24)25)16(9-13)19(23)21-11-15(10-20)17(12-21)14-5-3-2-4-6-14;/h2-9,15,17H,10-12,20H2,1H3;1H/t15-,17+;/m1./s1. The number of nitro groups is 1. The number of hydrogen-bond donors (Lipinski definition) is 1.